The Kier molecular flexibility index (Phi) is 3.78. The number of hydrogen-bond donors (Lipinski definition) is 2. The molecule has 0 aromatic heterocycles. The maximum absolute atomic E-state index is 8.86. The number of aliphatic hydroxyl groups is 1. The van der Waals surface area contributed by atoms with Gasteiger partial charge >= 0.3 is 0 Å². The highest BCUT2D eigenvalue weighted by Crippen LogP contribution is 2.16. The van der Waals surface area contributed by atoms with Crippen molar-refractivity contribution in [1.82, 2.24) is 0 Å². The SMILES string of the molecule is NCC#Cc1cc(CO)ccc1Cl. The molecule has 3 heteroatoms. The van der Waals surface area contributed by atoms with Gasteiger partial charge in [0.25, 0.3) is 0 Å². The third-order valence-electron chi connectivity index (χ3n) is 1.54. The summed E-state index contributed by atoms with van der Waals surface area (Å²) in [6, 6.07) is 5.23. The molecule has 13 heavy (non-hydrogen) atoms. The zero-order chi connectivity index (χ0) is 9.68. The van der Waals surface area contributed by atoms with Crippen molar-refractivity contribution in [3.8, 4) is 11.8 Å². The fourth-order valence-electron chi connectivity index (χ4n) is 0.913. The van der Waals surface area contributed by atoms with Crippen molar-refractivity contribution in [2.24, 2.45) is 5.73 Å². The lowest BCUT2D eigenvalue weighted by atomic mass is 10.1. The van der Waals surface area contributed by atoms with Gasteiger partial charge in [-0.2, -0.15) is 0 Å². The van der Waals surface area contributed by atoms with Crippen LogP contribution in [0, 0.1) is 11.8 Å². The van der Waals surface area contributed by atoms with E-state index in [-0.39, 0.29) is 6.61 Å². The fraction of sp³-hybridized carbons (Fsp3) is 0.200. The molecule has 1 aromatic carbocycles. The second-order valence-electron chi connectivity index (χ2n) is 2.48. The van der Waals surface area contributed by atoms with E-state index in [0.717, 1.165) is 5.56 Å². The van der Waals surface area contributed by atoms with Crippen LogP contribution in [0.15, 0.2) is 18.2 Å². The average molecular weight is 196 g/mol. The van der Waals surface area contributed by atoms with Crippen LogP contribution in [0.4, 0.5) is 0 Å². The van der Waals surface area contributed by atoms with Gasteiger partial charge in [0.1, 0.15) is 0 Å². The van der Waals surface area contributed by atoms with Gasteiger partial charge in [-0.05, 0) is 17.7 Å². The summed E-state index contributed by atoms with van der Waals surface area (Å²) in [6.07, 6.45) is 0. The smallest absolute Gasteiger partial charge is 0.0682 e. The van der Waals surface area contributed by atoms with Gasteiger partial charge in [0.2, 0.25) is 0 Å². The Morgan fingerprint density at radius 3 is 2.85 bits per heavy atom. The summed E-state index contributed by atoms with van der Waals surface area (Å²) in [5.74, 6) is 5.54. The van der Waals surface area contributed by atoms with Crippen LogP contribution < -0.4 is 5.73 Å². The molecule has 0 unspecified atom stereocenters. The molecule has 1 aromatic rings. The van der Waals surface area contributed by atoms with Crippen molar-refractivity contribution in [2.75, 3.05) is 6.54 Å². The molecule has 3 N–H and O–H groups in total. The zero-order valence-corrected chi connectivity index (χ0v) is 7.80. The monoisotopic (exact) mass is 195 g/mol. The Bertz CT molecular complexity index is 352. The largest absolute Gasteiger partial charge is 0.392 e. The van der Waals surface area contributed by atoms with E-state index in [1.165, 1.54) is 0 Å². The van der Waals surface area contributed by atoms with Crippen LogP contribution in [0.3, 0.4) is 0 Å². The van der Waals surface area contributed by atoms with Crippen LogP contribution in [0.2, 0.25) is 5.02 Å². The molecule has 1 rings (SSSR count). The minimum absolute atomic E-state index is 0.00548. The van der Waals surface area contributed by atoms with Crippen LogP contribution in [0.1, 0.15) is 11.1 Å². The molecule has 0 saturated heterocycles. The highest BCUT2D eigenvalue weighted by Gasteiger charge is 1.97. The van der Waals surface area contributed by atoms with Gasteiger partial charge in [-0.15, -0.1) is 0 Å². The van der Waals surface area contributed by atoms with Crippen molar-refractivity contribution in [3.05, 3.63) is 34.3 Å². The van der Waals surface area contributed by atoms with E-state index in [1.807, 2.05) is 0 Å². The molecule has 0 aliphatic heterocycles. The summed E-state index contributed by atoms with van der Waals surface area (Å²) in [6.45, 7) is 0.300. The number of rotatable bonds is 1. The summed E-state index contributed by atoms with van der Waals surface area (Å²) in [4.78, 5) is 0. The number of halogens is 1. The molecule has 0 atom stereocenters. The highest BCUT2D eigenvalue weighted by atomic mass is 35.5. The first-order valence-corrected chi connectivity index (χ1v) is 4.24. The minimum Gasteiger partial charge on any atom is -0.392 e. The lowest BCUT2D eigenvalue weighted by molar-refractivity contribution is 0.282. The van der Waals surface area contributed by atoms with Gasteiger partial charge in [-0.3, -0.25) is 0 Å². The van der Waals surface area contributed by atoms with E-state index in [2.05, 4.69) is 11.8 Å². The topological polar surface area (TPSA) is 46.2 Å². The molecule has 0 fully saturated rings. The summed E-state index contributed by atoms with van der Waals surface area (Å²) in [5.41, 5.74) is 6.73. The minimum atomic E-state index is -0.00548. The predicted molar refractivity (Wildman–Crippen MR) is 53.3 cm³/mol. The van der Waals surface area contributed by atoms with Crippen molar-refractivity contribution < 1.29 is 5.11 Å². The maximum atomic E-state index is 8.86. The Balaban J connectivity index is 3.04. The van der Waals surface area contributed by atoms with Crippen LogP contribution in [0.25, 0.3) is 0 Å². The second-order valence-corrected chi connectivity index (χ2v) is 2.89. The van der Waals surface area contributed by atoms with Crippen molar-refractivity contribution in [1.29, 1.82) is 0 Å². The second kappa shape index (κ2) is 4.88. The molecular weight excluding hydrogens is 186 g/mol. The predicted octanol–water partition coefficient (Wildman–Crippen LogP) is 1.14. The van der Waals surface area contributed by atoms with Gasteiger partial charge in [-0.25, -0.2) is 0 Å². The van der Waals surface area contributed by atoms with E-state index in [0.29, 0.717) is 17.1 Å². The maximum Gasteiger partial charge on any atom is 0.0682 e. The van der Waals surface area contributed by atoms with Crippen molar-refractivity contribution in [2.45, 2.75) is 6.61 Å². The standard InChI is InChI=1S/C10H10ClNO/c11-10-4-3-8(7-13)6-9(10)2-1-5-12/h3-4,6,13H,5,7,12H2. The van der Waals surface area contributed by atoms with E-state index < -0.39 is 0 Å². The summed E-state index contributed by atoms with van der Waals surface area (Å²) in [7, 11) is 0. The summed E-state index contributed by atoms with van der Waals surface area (Å²) in [5, 5.41) is 9.44. The van der Waals surface area contributed by atoms with E-state index in [4.69, 9.17) is 22.4 Å². The Labute approximate surface area is 82.3 Å². The highest BCUT2D eigenvalue weighted by molar-refractivity contribution is 6.31. The number of hydrogen-bond acceptors (Lipinski definition) is 2. The van der Waals surface area contributed by atoms with Crippen LogP contribution in [0.5, 0.6) is 0 Å². The third kappa shape index (κ3) is 2.74. The third-order valence-corrected chi connectivity index (χ3v) is 1.87. The Morgan fingerprint density at radius 2 is 2.23 bits per heavy atom. The van der Waals surface area contributed by atoms with E-state index in [1.54, 1.807) is 18.2 Å². The molecule has 0 spiro atoms. The lowest BCUT2D eigenvalue weighted by Crippen LogP contribution is -1.93. The molecule has 0 heterocycles. The van der Waals surface area contributed by atoms with E-state index >= 15 is 0 Å². The first-order chi connectivity index (χ1) is 6.27. The molecule has 68 valence electrons. The molecule has 2 nitrogen and oxygen atoms in total. The van der Waals surface area contributed by atoms with Gasteiger partial charge in [0.05, 0.1) is 18.2 Å². The molecule has 0 bridgehead atoms. The molecule has 0 radical (unpaired) electrons. The Morgan fingerprint density at radius 1 is 1.46 bits per heavy atom. The fourth-order valence-corrected chi connectivity index (χ4v) is 1.08. The quantitative estimate of drug-likeness (QED) is 0.661. The van der Waals surface area contributed by atoms with Gasteiger partial charge in [0.15, 0.2) is 0 Å². The molecule has 0 amide bonds. The van der Waals surface area contributed by atoms with Crippen LogP contribution in [-0.2, 0) is 6.61 Å². The van der Waals surface area contributed by atoms with Crippen LogP contribution in [-0.4, -0.2) is 11.7 Å². The Hall–Kier alpha value is -1.01. The van der Waals surface area contributed by atoms with Gasteiger partial charge < -0.3 is 10.8 Å². The average Bonchev–Trinajstić information content (AvgIpc) is 2.17. The van der Waals surface area contributed by atoms with Crippen molar-refractivity contribution in [3.63, 3.8) is 0 Å². The number of benzene rings is 1. The molecule has 0 aliphatic carbocycles. The molecule has 0 aliphatic rings. The normalized spacial score (nSPS) is 9.15. The van der Waals surface area contributed by atoms with E-state index in [9.17, 15) is 0 Å². The van der Waals surface area contributed by atoms with Gasteiger partial charge in [-0.1, -0.05) is 29.5 Å². The first kappa shape index (κ1) is 10.1. The summed E-state index contributed by atoms with van der Waals surface area (Å²) >= 11 is 5.86. The molecule has 0 saturated carbocycles. The lowest BCUT2D eigenvalue weighted by Gasteiger charge is -1.98. The molecular formula is C10H10ClNO. The van der Waals surface area contributed by atoms with Gasteiger partial charge in [0, 0.05) is 5.56 Å². The first-order valence-electron chi connectivity index (χ1n) is 3.86. The summed E-state index contributed by atoms with van der Waals surface area (Å²) < 4.78 is 0. The van der Waals surface area contributed by atoms with Crippen molar-refractivity contribution >= 4 is 11.6 Å². The number of nitrogens with two attached hydrogens (primary N) is 1. The zero-order valence-electron chi connectivity index (χ0n) is 7.05. The number of aliphatic hydroxyl groups excluding tert-OH is 1. The van der Waals surface area contributed by atoms with Crippen LogP contribution >= 0.6 is 11.6 Å².